The molecule has 5 heteroatoms. The number of para-hydroxylation sites is 1. The lowest BCUT2D eigenvalue weighted by Gasteiger charge is -2.28. The number of rotatable bonds is 6. The molecule has 0 radical (unpaired) electrons. The van der Waals surface area contributed by atoms with Crippen molar-refractivity contribution in [3.05, 3.63) is 23.8 Å². The predicted octanol–water partition coefficient (Wildman–Crippen LogP) is 2.37. The van der Waals surface area contributed by atoms with Crippen LogP contribution in [0.5, 0.6) is 11.5 Å². The lowest BCUT2D eigenvalue weighted by molar-refractivity contribution is -0.137. The van der Waals surface area contributed by atoms with E-state index in [9.17, 15) is 9.59 Å². The molecular weight excluding hydrogens is 260 g/mol. The van der Waals surface area contributed by atoms with Gasteiger partial charge in [-0.2, -0.15) is 0 Å². The zero-order chi connectivity index (χ0) is 14.5. The van der Waals surface area contributed by atoms with E-state index in [0.29, 0.717) is 11.5 Å². The third kappa shape index (κ3) is 2.92. The van der Waals surface area contributed by atoms with Gasteiger partial charge in [0.2, 0.25) is 0 Å². The Hall–Kier alpha value is -2.04. The molecule has 1 aliphatic carbocycles. The van der Waals surface area contributed by atoms with Gasteiger partial charge in [-0.15, -0.1) is 0 Å². The van der Waals surface area contributed by atoms with Crippen LogP contribution in [0.4, 0.5) is 0 Å². The van der Waals surface area contributed by atoms with Gasteiger partial charge in [0.15, 0.2) is 11.5 Å². The van der Waals surface area contributed by atoms with Crippen molar-refractivity contribution in [2.45, 2.75) is 32.3 Å². The molecule has 0 N–H and O–H groups in total. The SMILES string of the molecule is CCOC(=O)C(=O)c1cccc(OC)c1OC1CCC1. The minimum Gasteiger partial charge on any atom is -0.493 e. The Morgan fingerprint density at radius 1 is 1.30 bits per heavy atom. The zero-order valence-electron chi connectivity index (χ0n) is 11.7. The zero-order valence-corrected chi connectivity index (χ0v) is 11.7. The topological polar surface area (TPSA) is 61.8 Å². The molecule has 1 aliphatic rings. The number of methoxy groups -OCH3 is 1. The number of ether oxygens (including phenoxy) is 3. The molecule has 0 heterocycles. The molecule has 0 aliphatic heterocycles. The molecule has 20 heavy (non-hydrogen) atoms. The fraction of sp³-hybridized carbons (Fsp3) is 0.467. The van der Waals surface area contributed by atoms with Crippen molar-refractivity contribution in [2.75, 3.05) is 13.7 Å². The quantitative estimate of drug-likeness (QED) is 0.454. The van der Waals surface area contributed by atoms with E-state index >= 15 is 0 Å². The van der Waals surface area contributed by atoms with Crippen LogP contribution in [-0.2, 0) is 9.53 Å². The van der Waals surface area contributed by atoms with Crippen LogP contribution in [0.15, 0.2) is 18.2 Å². The minimum absolute atomic E-state index is 0.0834. The third-order valence-corrected chi connectivity index (χ3v) is 3.24. The van der Waals surface area contributed by atoms with E-state index in [4.69, 9.17) is 14.2 Å². The number of esters is 1. The van der Waals surface area contributed by atoms with Crippen LogP contribution < -0.4 is 9.47 Å². The number of carbonyl (C=O) groups is 2. The monoisotopic (exact) mass is 278 g/mol. The lowest BCUT2D eigenvalue weighted by atomic mass is 9.96. The van der Waals surface area contributed by atoms with E-state index in [-0.39, 0.29) is 18.3 Å². The molecule has 0 bridgehead atoms. The molecule has 0 atom stereocenters. The van der Waals surface area contributed by atoms with E-state index in [2.05, 4.69) is 0 Å². The molecule has 0 unspecified atom stereocenters. The second kappa shape index (κ2) is 6.41. The Kier molecular flexibility index (Phi) is 4.61. The van der Waals surface area contributed by atoms with Gasteiger partial charge in [0.25, 0.3) is 5.78 Å². The van der Waals surface area contributed by atoms with Crippen molar-refractivity contribution < 1.29 is 23.8 Å². The molecule has 2 rings (SSSR count). The number of hydrogen-bond acceptors (Lipinski definition) is 5. The van der Waals surface area contributed by atoms with Crippen LogP contribution >= 0.6 is 0 Å². The summed E-state index contributed by atoms with van der Waals surface area (Å²) in [7, 11) is 1.50. The Morgan fingerprint density at radius 2 is 2.05 bits per heavy atom. The number of Topliss-reactive ketones (excluding diaryl/α,β-unsaturated/α-hetero) is 1. The summed E-state index contributed by atoms with van der Waals surface area (Å²) in [6.45, 7) is 1.82. The van der Waals surface area contributed by atoms with Crippen molar-refractivity contribution >= 4 is 11.8 Å². The molecular formula is C15H18O5. The fourth-order valence-electron chi connectivity index (χ4n) is 1.94. The summed E-state index contributed by atoms with van der Waals surface area (Å²) in [4.78, 5) is 23.7. The maximum atomic E-state index is 12.1. The summed E-state index contributed by atoms with van der Waals surface area (Å²) in [6.07, 6.45) is 3.09. The minimum atomic E-state index is -0.876. The van der Waals surface area contributed by atoms with Gasteiger partial charge in [-0.05, 0) is 38.3 Å². The highest BCUT2D eigenvalue weighted by molar-refractivity contribution is 6.41. The smallest absolute Gasteiger partial charge is 0.379 e. The largest absolute Gasteiger partial charge is 0.493 e. The Balaban J connectivity index is 2.30. The van der Waals surface area contributed by atoms with E-state index in [0.717, 1.165) is 19.3 Å². The number of benzene rings is 1. The highest BCUT2D eigenvalue weighted by Crippen LogP contribution is 2.35. The Labute approximate surface area is 117 Å². The molecule has 1 saturated carbocycles. The molecule has 5 nitrogen and oxygen atoms in total. The maximum Gasteiger partial charge on any atom is 0.379 e. The lowest BCUT2D eigenvalue weighted by Crippen LogP contribution is -2.26. The molecule has 0 aromatic heterocycles. The Morgan fingerprint density at radius 3 is 2.60 bits per heavy atom. The average Bonchev–Trinajstić information content (AvgIpc) is 2.42. The number of carbonyl (C=O) groups excluding carboxylic acids is 2. The normalized spacial score (nSPS) is 14.3. The van der Waals surface area contributed by atoms with Gasteiger partial charge >= 0.3 is 5.97 Å². The Bertz CT molecular complexity index is 505. The van der Waals surface area contributed by atoms with Crippen LogP contribution in [0.3, 0.4) is 0 Å². The van der Waals surface area contributed by atoms with Crippen LogP contribution in [0, 0.1) is 0 Å². The highest BCUT2D eigenvalue weighted by Gasteiger charge is 2.27. The molecule has 0 amide bonds. The average molecular weight is 278 g/mol. The standard InChI is InChI=1S/C15H18O5/c1-3-19-15(17)13(16)11-8-5-9-12(18-2)14(11)20-10-6-4-7-10/h5,8-10H,3-4,6-7H2,1-2H3. The molecule has 1 aromatic carbocycles. The third-order valence-electron chi connectivity index (χ3n) is 3.24. The first-order valence-electron chi connectivity index (χ1n) is 6.72. The van der Waals surface area contributed by atoms with Crippen molar-refractivity contribution in [1.82, 2.24) is 0 Å². The van der Waals surface area contributed by atoms with Gasteiger partial charge in [-0.25, -0.2) is 4.79 Å². The van der Waals surface area contributed by atoms with Crippen molar-refractivity contribution in [1.29, 1.82) is 0 Å². The summed E-state index contributed by atoms with van der Waals surface area (Å²) in [6, 6.07) is 4.91. The molecule has 1 aromatic rings. The number of ketones is 1. The van der Waals surface area contributed by atoms with E-state index in [1.165, 1.54) is 7.11 Å². The van der Waals surface area contributed by atoms with Crippen molar-refractivity contribution in [3.8, 4) is 11.5 Å². The van der Waals surface area contributed by atoms with E-state index < -0.39 is 11.8 Å². The van der Waals surface area contributed by atoms with Crippen molar-refractivity contribution in [2.24, 2.45) is 0 Å². The highest BCUT2D eigenvalue weighted by atomic mass is 16.5. The summed E-state index contributed by atoms with van der Waals surface area (Å²) < 4.78 is 15.8. The second-order valence-corrected chi connectivity index (χ2v) is 4.56. The van der Waals surface area contributed by atoms with Crippen LogP contribution in [0.1, 0.15) is 36.5 Å². The second-order valence-electron chi connectivity index (χ2n) is 4.56. The van der Waals surface area contributed by atoms with Gasteiger partial charge in [-0.3, -0.25) is 4.79 Å². The first-order chi connectivity index (χ1) is 9.67. The molecule has 0 saturated heterocycles. The van der Waals surface area contributed by atoms with E-state index in [1.807, 2.05) is 0 Å². The molecule has 0 spiro atoms. The predicted molar refractivity (Wildman–Crippen MR) is 72.2 cm³/mol. The van der Waals surface area contributed by atoms with Gasteiger partial charge in [-0.1, -0.05) is 6.07 Å². The van der Waals surface area contributed by atoms with Gasteiger partial charge < -0.3 is 14.2 Å². The summed E-state index contributed by atoms with van der Waals surface area (Å²) in [5.41, 5.74) is 0.190. The molecule has 1 fully saturated rings. The first kappa shape index (κ1) is 14.4. The van der Waals surface area contributed by atoms with Gasteiger partial charge in [0, 0.05) is 0 Å². The first-order valence-corrected chi connectivity index (χ1v) is 6.72. The van der Waals surface area contributed by atoms with Crippen LogP contribution in [-0.4, -0.2) is 31.6 Å². The summed E-state index contributed by atoms with van der Waals surface area (Å²) in [5, 5.41) is 0. The summed E-state index contributed by atoms with van der Waals surface area (Å²) >= 11 is 0. The van der Waals surface area contributed by atoms with Crippen molar-refractivity contribution in [3.63, 3.8) is 0 Å². The maximum absolute atomic E-state index is 12.1. The summed E-state index contributed by atoms with van der Waals surface area (Å²) in [5.74, 6) is -0.802. The van der Waals surface area contributed by atoms with Gasteiger partial charge in [0.1, 0.15) is 0 Å². The number of hydrogen-bond donors (Lipinski definition) is 0. The van der Waals surface area contributed by atoms with E-state index in [1.54, 1.807) is 25.1 Å². The fourth-order valence-corrected chi connectivity index (χ4v) is 1.94. The van der Waals surface area contributed by atoms with Crippen LogP contribution in [0.2, 0.25) is 0 Å². The van der Waals surface area contributed by atoms with Crippen LogP contribution in [0.25, 0.3) is 0 Å². The molecule has 108 valence electrons. The van der Waals surface area contributed by atoms with Gasteiger partial charge in [0.05, 0.1) is 25.4 Å².